The maximum atomic E-state index is 12.8. The number of carboxylic acids is 1. The van der Waals surface area contributed by atoms with E-state index in [1.165, 1.54) is 122 Å². The van der Waals surface area contributed by atoms with E-state index in [1.807, 2.05) is 21.1 Å². The molecule has 2 atom stereocenters. The molecule has 1 N–H and O–H groups in total. The average molecular weight is 863 g/mol. The van der Waals surface area contributed by atoms with Gasteiger partial charge in [0.1, 0.15) is 13.2 Å². The molecule has 0 rings (SSSR count). The first-order valence-electron chi connectivity index (χ1n) is 25.2. The lowest BCUT2D eigenvalue weighted by Gasteiger charge is -2.25. The van der Waals surface area contributed by atoms with E-state index in [0.717, 1.165) is 64.2 Å². The molecule has 0 heterocycles. The van der Waals surface area contributed by atoms with Crippen LogP contribution in [0.1, 0.15) is 219 Å². The van der Waals surface area contributed by atoms with Crippen molar-refractivity contribution in [1.82, 2.24) is 0 Å². The van der Waals surface area contributed by atoms with E-state index in [4.69, 9.17) is 18.9 Å². The largest absolute Gasteiger partial charge is 0.477 e. The van der Waals surface area contributed by atoms with Gasteiger partial charge < -0.3 is 28.5 Å². The summed E-state index contributed by atoms with van der Waals surface area (Å²) in [5.41, 5.74) is 0. The number of carbonyl (C=O) groups excluding carboxylic acids is 2. The fraction of sp³-hybridized carbons (Fsp3) is 0.827. The third-order valence-corrected chi connectivity index (χ3v) is 10.9. The summed E-state index contributed by atoms with van der Waals surface area (Å²) in [5.74, 6) is -2.01. The number of ether oxygens (including phenoxy) is 4. The highest BCUT2D eigenvalue weighted by molar-refractivity contribution is 5.71. The van der Waals surface area contributed by atoms with Crippen molar-refractivity contribution in [1.29, 1.82) is 0 Å². The maximum absolute atomic E-state index is 12.8. The molecule has 0 spiro atoms. The minimum atomic E-state index is -1.51. The number of esters is 2. The van der Waals surface area contributed by atoms with Gasteiger partial charge in [0, 0.05) is 12.8 Å². The van der Waals surface area contributed by atoms with Crippen LogP contribution < -0.4 is 0 Å². The van der Waals surface area contributed by atoms with Crippen molar-refractivity contribution in [3.8, 4) is 0 Å². The van der Waals surface area contributed by atoms with E-state index in [0.29, 0.717) is 23.9 Å². The molecule has 356 valence electrons. The summed E-state index contributed by atoms with van der Waals surface area (Å²) < 4.78 is 22.8. The van der Waals surface area contributed by atoms with Crippen LogP contribution in [0, 0.1) is 0 Å². The Morgan fingerprint density at radius 3 is 1.39 bits per heavy atom. The highest BCUT2D eigenvalue weighted by Gasteiger charge is 2.25. The molecule has 9 heteroatoms. The van der Waals surface area contributed by atoms with Crippen LogP contribution in [0.25, 0.3) is 0 Å². The number of hydrogen-bond donors (Lipinski definition) is 1. The van der Waals surface area contributed by atoms with Gasteiger partial charge in [-0.3, -0.25) is 9.59 Å². The fourth-order valence-corrected chi connectivity index (χ4v) is 7.03. The van der Waals surface area contributed by atoms with Crippen molar-refractivity contribution in [2.75, 3.05) is 47.5 Å². The van der Waals surface area contributed by atoms with E-state index in [1.54, 1.807) is 0 Å². The van der Waals surface area contributed by atoms with Gasteiger partial charge in [-0.05, 0) is 44.9 Å². The number of quaternary nitrogens is 1. The van der Waals surface area contributed by atoms with Crippen molar-refractivity contribution >= 4 is 17.9 Å². The molecule has 0 aliphatic carbocycles. The molecule has 0 bridgehead atoms. The van der Waals surface area contributed by atoms with Gasteiger partial charge in [0.05, 0.1) is 34.4 Å². The maximum Gasteiger partial charge on any atom is 0.361 e. The van der Waals surface area contributed by atoms with Crippen molar-refractivity contribution in [2.45, 2.75) is 232 Å². The van der Waals surface area contributed by atoms with Crippen LogP contribution in [-0.2, 0) is 33.3 Å². The highest BCUT2D eigenvalue weighted by atomic mass is 16.7. The Morgan fingerprint density at radius 1 is 0.508 bits per heavy atom. The van der Waals surface area contributed by atoms with E-state index in [2.05, 4.69) is 50.3 Å². The Kier molecular flexibility index (Phi) is 42.3. The zero-order chi connectivity index (χ0) is 44.9. The number of unbranched alkanes of at least 4 members (excludes halogenated alkanes) is 25. The molecule has 0 aliphatic heterocycles. The van der Waals surface area contributed by atoms with Crippen LogP contribution in [-0.4, -0.2) is 87.4 Å². The molecule has 0 aliphatic rings. The van der Waals surface area contributed by atoms with E-state index >= 15 is 0 Å². The first kappa shape index (κ1) is 58.5. The van der Waals surface area contributed by atoms with Crippen LogP contribution in [0.3, 0.4) is 0 Å². The third kappa shape index (κ3) is 45.4. The van der Waals surface area contributed by atoms with Crippen molar-refractivity contribution in [3.63, 3.8) is 0 Å². The second-order valence-corrected chi connectivity index (χ2v) is 18.1. The first-order chi connectivity index (χ1) is 29.6. The van der Waals surface area contributed by atoms with Crippen LogP contribution >= 0.6 is 0 Å². The minimum absolute atomic E-state index is 0.183. The lowest BCUT2D eigenvalue weighted by molar-refractivity contribution is -0.870. The molecule has 61 heavy (non-hydrogen) atoms. The molecule has 0 aromatic heterocycles. The lowest BCUT2D eigenvalue weighted by Crippen LogP contribution is -2.40. The molecule has 0 aromatic rings. The normalized spacial score (nSPS) is 13.1. The number of carbonyl (C=O) groups is 3. The fourth-order valence-electron chi connectivity index (χ4n) is 7.03. The van der Waals surface area contributed by atoms with Gasteiger partial charge in [-0.15, -0.1) is 0 Å². The number of rotatable bonds is 46. The van der Waals surface area contributed by atoms with Gasteiger partial charge in [-0.2, -0.15) is 0 Å². The summed E-state index contributed by atoms with van der Waals surface area (Å²) in [6.45, 7) is 4.77. The number of carboxylic acid groups (broad SMARTS) is 1. The van der Waals surface area contributed by atoms with Crippen molar-refractivity contribution < 1.29 is 42.9 Å². The van der Waals surface area contributed by atoms with Crippen molar-refractivity contribution in [2.24, 2.45) is 0 Å². The number of nitrogens with zero attached hydrogens (tertiary/aromatic N) is 1. The van der Waals surface area contributed by atoms with Gasteiger partial charge in [-0.25, -0.2) is 4.79 Å². The molecule has 0 saturated carbocycles. The Balaban J connectivity index is 4.34. The van der Waals surface area contributed by atoms with Crippen LogP contribution in [0.4, 0.5) is 0 Å². The monoisotopic (exact) mass is 863 g/mol. The van der Waals surface area contributed by atoms with Gasteiger partial charge in [0.15, 0.2) is 6.10 Å². The second kappa shape index (κ2) is 44.1. The molecular weight excluding hydrogens is 767 g/mol. The van der Waals surface area contributed by atoms with Crippen LogP contribution in [0.5, 0.6) is 0 Å². The predicted molar refractivity (Wildman–Crippen MR) is 254 cm³/mol. The molecular formula is C52H96NO8+. The number of aliphatic carboxylic acids is 1. The molecule has 0 amide bonds. The van der Waals surface area contributed by atoms with Gasteiger partial charge in [0.2, 0.25) is 0 Å². The molecule has 0 radical (unpaired) electrons. The zero-order valence-corrected chi connectivity index (χ0v) is 40.3. The molecule has 9 nitrogen and oxygen atoms in total. The first-order valence-corrected chi connectivity index (χ1v) is 25.2. The third-order valence-electron chi connectivity index (χ3n) is 10.9. The smallest absolute Gasteiger partial charge is 0.361 e. The van der Waals surface area contributed by atoms with Crippen molar-refractivity contribution in [3.05, 3.63) is 36.5 Å². The summed E-state index contributed by atoms with van der Waals surface area (Å²) in [5, 5.41) is 9.66. The molecule has 0 saturated heterocycles. The molecule has 2 unspecified atom stereocenters. The summed E-state index contributed by atoms with van der Waals surface area (Å²) in [4.78, 5) is 37.2. The van der Waals surface area contributed by atoms with E-state index in [-0.39, 0.29) is 32.2 Å². The summed E-state index contributed by atoms with van der Waals surface area (Å²) in [7, 11) is 5.96. The number of allylic oxidation sites excluding steroid dienone is 6. The van der Waals surface area contributed by atoms with Crippen LogP contribution in [0.15, 0.2) is 36.5 Å². The number of likely N-dealkylation sites (N-methyl/N-ethyl adjacent to an activating group) is 1. The quantitative estimate of drug-likeness (QED) is 0.0212. The summed E-state index contributed by atoms with van der Waals surface area (Å²) >= 11 is 0. The minimum Gasteiger partial charge on any atom is -0.477 e. The van der Waals surface area contributed by atoms with Gasteiger partial charge in [0.25, 0.3) is 6.29 Å². The van der Waals surface area contributed by atoms with E-state index in [9.17, 15) is 19.5 Å². The number of hydrogen-bond acceptors (Lipinski definition) is 7. The van der Waals surface area contributed by atoms with Gasteiger partial charge >= 0.3 is 17.9 Å². The Hall–Kier alpha value is -2.49. The summed E-state index contributed by atoms with van der Waals surface area (Å²) in [6, 6.07) is 0. The SMILES string of the molecule is CC/C=C\C/C=C\C/C=C\CCCCCCCCCC(=O)OC(COC(=O)CCCCCCCCCCCCCCCCCCCCC)COC(OCC[N+](C)(C)C)C(=O)O. The molecule has 0 fully saturated rings. The lowest BCUT2D eigenvalue weighted by atomic mass is 10.0. The Labute approximate surface area is 375 Å². The second-order valence-electron chi connectivity index (χ2n) is 18.1. The predicted octanol–water partition coefficient (Wildman–Crippen LogP) is 13.8. The standard InChI is InChI=1S/C52H95NO8/c1-6-8-10-12-14-16-18-20-22-24-25-27-28-30-32-34-36-38-40-42-49(54)59-46-48(47-60-52(51(56)57)58-45-44-53(3,4)5)61-50(55)43-41-39-37-35-33-31-29-26-23-21-19-17-15-13-11-9-7-2/h9,11,15,17,21,23,48,52H,6-8,10,12-14,16,18-20,22,24-47H2,1-5H3/p+1/b11-9-,17-15-,23-21-. The Morgan fingerprint density at radius 2 is 0.934 bits per heavy atom. The van der Waals surface area contributed by atoms with Gasteiger partial charge in [-0.1, -0.05) is 198 Å². The highest BCUT2D eigenvalue weighted by Crippen LogP contribution is 2.16. The van der Waals surface area contributed by atoms with Crippen LogP contribution in [0.2, 0.25) is 0 Å². The van der Waals surface area contributed by atoms with E-state index < -0.39 is 24.3 Å². The average Bonchev–Trinajstić information content (AvgIpc) is 3.22. The zero-order valence-electron chi connectivity index (χ0n) is 40.3. The topological polar surface area (TPSA) is 108 Å². The summed E-state index contributed by atoms with van der Waals surface area (Å²) in [6.07, 6.45) is 47.7. The Bertz CT molecular complexity index is 1100. The molecule has 0 aromatic carbocycles.